The van der Waals surface area contributed by atoms with Crippen molar-refractivity contribution in [1.82, 2.24) is 0 Å². The van der Waals surface area contributed by atoms with E-state index in [0.29, 0.717) is 6.54 Å². The van der Waals surface area contributed by atoms with Crippen molar-refractivity contribution in [2.75, 3.05) is 11.9 Å². The van der Waals surface area contributed by atoms with E-state index in [-0.39, 0.29) is 6.10 Å². The van der Waals surface area contributed by atoms with Crippen LogP contribution in [0.2, 0.25) is 0 Å². The quantitative estimate of drug-likeness (QED) is 0.741. The SMILES string of the molecule is CCc1ccccc1NC[C@H](C)O. The number of aryl methyl sites for hydroxylation is 1. The molecule has 0 radical (unpaired) electrons. The highest BCUT2D eigenvalue weighted by atomic mass is 16.3. The summed E-state index contributed by atoms with van der Waals surface area (Å²) in [5, 5.41) is 12.3. The van der Waals surface area contributed by atoms with E-state index in [1.54, 1.807) is 6.92 Å². The van der Waals surface area contributed by atoms with Crippen LogP contribution in [0.1, 0.15) is 19.4 Å². The first-order chi connectivity index (χ1) is 6.24. The van der Waals surface area contributed by atoms with Gasteiger partial charge in [0.15, 0.2) is 0 Å². The molecule has 2 nitrogen and oxygen atoms in total. The van der Waals surface area contributed by atoms with Gasteiger partial charge in [0.1, 0.15) is 0 Å². The molecule has 0 amide bonds. The molecule has 1 atom stereocenters. The van der Waals surface area contributed by atoms with Gasteiger partial charge < -0.3 is 10.4 Å². The second kappa shape index (κ2) is 4.87. The highest BCUT2D eigenvalue weighted by Gasteiger charge is 1.99. The fourth-order valence-electron chi connectivity index (χ4n) is 1.26. The Morgan fingerprint density at radius 3 is 2.69 bits per heavy atom. The van der Waals surface area contributed by atoms with Crippen LogP contribution in [0.25, 0.3) is 0 Å². The van der Waals surface area contributed by atoms with Crippen molar-refractivity contribution in [1.29, 1.82) is 0 Å². The molecule has 1 rings (SSSR count). The van der Waals surface area contributed by atoms with Crippen LogP contribution in [0.4, 0.5) is 5.69 Å². The summed E-state index contributed by atoms with van der Waals surface area (Å²) in [6.07, 6.45) is 0.716. The van der Waals surface area contributed by atoms with E-state index in [4.69, 9.17) is 5.11 Å². The van der Waals surface area contributed by atoms with Crippen LogP contribution in [0, 0.1) is 0 Å². The lowest BCUT2D eigenvalue weighted by atomic mass is 10.1. The van der Waals surface area contributed by atoms with Crippen LogP contribution in [-0.2, 0) is 6.42 Å². The molecule has 0 spiro atoms. The highest BCUT2D eigenvalue weighted by molar-refractivity contribution is 5.51. The Kier molecular flexibility index (Phi) is 3.77. The second-order valence-electron chi connectivity index (χ2n) is 3.24. The number of para-hydroxylation sites is 1. The van der Waals surface area contributed by atoms with Crippen LogP contribution in [0.5, 0.6) is 0 Å². The number of anilines is 1. The molecule has 0 fully saturated rings. The molecular weight excluding hydrogens is 162 g/mol. The molecule has 0 aliphatic carbocycles. The number of aliphatic hydroxyl groups excluding tert-OH is 1. The number of nitrogens with one attached hydrogen (secondary N) is 1. The fraction of sp³-hybridized carbons (Fsp3) is 0.455. The fourth-order valence-corrected chi connectivity index (χ4v) is 1.26. The van der Waals surface area contributed by atoms with Crippen molar-refractivity contribution < 1.29 is 5.11 Å². The molecule has 13 heavy (non-hydrogen) atoms. The van der Waals surface area contributed by atoms with Crippen LogP contribution in [0.3, 0.4) is 0 Å². The summed E-state index contributed by atoms with van der Waals surface area (Å²) in [7, 11) is 0. The third-order valence-electron chi connectivity index (χ3n) is 1.99. The smallest absolute Gasteiger partial charge is 0.0684 e. The molecule has 0 aromatic heterocycles. The van der Waals surface area contributed by atoms with Gasteiger partial charge in [-0.25, -0.2) is 0 Å². The van der Waals surface area contributed by atoms with Crippen LogP contribution in [0.15, 0.2) is 24.3 Å². The molecule has 0 unspecified atom stereocenters. The largest absolute Gasteiger partial charge is 0.392 e. The molecule has 0 saturated heterocycles. The van der Waals surface area contributed by atoms with Crippen molar-refractivity contribution in [3.8, 4) is 0 Å². The number of hydrogen-bond donors (Lipinski definition) is 2. The molecule has 1 aromatic carbocycles. The van der Waals surface area contributed by atoms with E-state index >= 15 is 0 Å². The number of benzene rings is 1. The zero-order chi connectivity index (χ0) is 9.68. The van der Waals surface area contributed by atoms with E-state index in [9.17, 15) is 0 Å². The van der Waals surface area contributed by atoms with Gasteiger partial charge in [0, 0.05) is 12.2 Å². The first kappa shape index (κ1) is 10.1. The molecule has 0 aliphatic heterocycles. The molecule has 2 N–H and O–H groups in total. The van der Waals surface area contributed by atoms with E-state index in [0.717, 1.165) is 12.1 Å². The average molecular weight is 179 g/mol. The normalized spacial score (nSPS) is 12.5. The number of hydrogen-bond acceptors (Lipinski definition) is 2. The summed E-state index contributed by atoms with van der Waals surface area (Å²) >= 11 is 0. The van der Waals surface area contributed by atoms with Crippen molar-refractivity contribution in [3.05, 3.63) is 29.8 Å². The summed E-state index contributed by atoms with van der Waals surface area (Å²) in [4.78, 5) is 0. The zero-order valence-corrected chi connectivity index (χ0v) is 8.25. The summed E-state index contributed by atoms with van der Waals surface area (Å²) < 4.78 is 0. The van der Waals surface area contributed by atoms with Gasteiger partial charge in [-0.3, -0.25) is 0 Å². The van der Waals surface area contributed by atoms with Crippen molar-refractivity contribution in [3.63, 3.8) is 0 Å². The molecule has 2 heteroatoms. The molecule has 72 valence electrons. The topological polar surface area (TPSA) is 32.3 Å². The maximum absolute atomic E-state index is 9.11. The van der Waals surface area contributed by atoms with Gasteiger partial charge in [-0.2, -0.15) is 0 Å². The predicted molar refractivity (Wildman–Crippen MR) is 56.0 cm³/mol. The summed E-state index contributed by atoms with van der Waals surface area (Å²) in [5.74, 6) is 0. The lowest BCUT2D eigenvalue weighted by Gasteiger charge is -2.11. The third kappa shape index (κ3) is 3.07. The minimum absolute atomic E-state index is 0.301. The first-order valence-electron chi connectivity index (χ1n) is 4.74. The van der Waals surface area contributed by atoms with Gasteiger partial charge >= 0.3 is 0 Å². The Morgan fingerprint density at radius 2 is 2.08 bits per heavy atom. The Hall–Kier alpha value is -1.02. The summed E-state index contributed by atoms with van der Waals surface area (Å²) in [6, 6.07) is 8.18. The molecular formula is C11H17NO. The molecule has 0 saturated carbocycles. The highest BCUT2D eigenvalue weighted by Crippen LogP contribution is 2.14. The number of rotatable bonds is 4. The lowest BCUT2D eigenvalue weighted by Crippen LogP contribution is -2.16. The average Bonchev–Trinajstić information content (AvgIpc) is 2.15. The Balaban J connectivity index is 2.64. The monoisotopic (exact) mass is 179 g/mol. The lowest BCUT2D eigenvalue weighted by molar-refractivity contribution is 0.208. The van der Waals surface area contributed by atoms with Crippen molar-refractivity contribution >= 4 is 5.69 Å². The van der Waals surface area contributed by atoms with E-state index < -0.39 is 0 Å². The van der Waals surface area contributed by atoms with E-state index in [1.807, 2.05) is 18.2 Å². The Labute approximate surface area is 79.6 Å². The van der Waals surface area contributed by atoms with Crippen molar-refractivity contribution in [2.45, 2.75) is 26.4 Å². The van der Waals surface area contributed by atoms with Crippen LogP contribution < -0.4 is 5.32 Å². The second-order valence-corrected chi connectivity index (χ2v) is 3.24. The van der Waals surface area contributed by atoms with Crippen LogP contribution >= 0.6 is 0 Å². The molecule has 0 bridgehead atoms. The summed E-state index contributed by atoms with van der Waals surface area (Å²) in [6.45, 7) is 4.52. The molecule has 1 aromatic rings. The maximum atomic E-state index is 9.11. The molecule has 0 aliphatic rings. The van der Waals surface area contributed by atoms with Crippen LogP contribution in [-0.4, -0.2) is 17.8 Å². The minimum Gasteiger partial charge on any atom is -0.392 e. The minimum atomic E-state index is -0.301. The number of aliphatic hydroxyl groups is 1. The first-order valence-corrected chi connectivity index (χ1v) is 4.74. The standard InChI is InChI=1S/C11H17NO/c1-3-10-6-4-5-7-11(10)12-8-9(2)13/h4-7,9,12-13H,3,8H2,1-2H3/t9-/m0/s1. The van der Waals surface area contributed by atoms with E-state index in [1.165, 1.54) is 5.56 Å². The van der Waals surface area contributed by atoms with Gasteiger partial charge in [-0.1, -0.05) is 25.1 Å². The van der Waals surface area contributed by atoms with Gasteiger partial charge in [0.2, 0.25) is 0 Å². The van der Waals surface area contributed by atoms with Crippen molar-refractivity contribution in [2.24, 2.45) is 0 Å². The van der Waals surface area contributed by atoms with Gasteiger partial charge in [0.25, 0.3) is 0 Å². The molecule has 0 heterocycles. The third-order valence-corrected chi connectivity index (χ3v) is 1.99. The maximum Gasteiger partial charge on any atom is 0.0684 e. The van der Waals surface area contributed by atoms with Gasteiger partial charge in [-0.05, 0) is 25.0 Å². The Bertz CT molecular complexity index is 258. The zero-order valence-electron chi connectivity index (χ0n) is 8.25. The van der Waals surface area contributed by atoms with E-state index in [2.05, 4.69) is 18.3 Å². The van der Waals surface area contributed by atoms with Gasteiger partial charge in [-0.15, -0.1) is 0 Å². The predicted octanol–water partition coefficient (Wildman–Crippen LogP) is 2.04. The van der Waals surface area contributed by atoms with Gasteiger partial charge in [0.05, 0.1) is 6.10 Å². The Morgan fingerprint density at radius 1 is 1.38 bits per heavy atom. The summed E-state index contributed by atoms with van der Waals surface area (Å²) in [5.41, 5.74) is 2.43.